The zero-order valence-electron chi connectivity index (χ0n) is 19.0. The number of amides is 1. The molecule has 0 fully saturated rings. The maximum Gasteiger partial charge on any atom is 0.266 e. The van der Waals surface area contributed by atoms with E-state index in [2.05, 4.69) is 43.3 Å². The van der Waals surface area contributed by atoms with Gasteiger partial charge in [0.1, 0.15) is 17.3 Å². The molecule has 33 heavy (non-hydrogen) atoms. The molecule has 1 amide bonds. The monoisotopic (exact) mass is 441 g/mol. The largest absolute Gasteiger partial charge is 0.457 e. The highest BCUT2D eigenvalue weighted by molar-refractivity contribution is 6.04. The van der Waals surface area contributed by atoms with Gasteiger partial charge in [-0.05, 0) is 59.9 Å². The molecule has 6 heteroatoms. The number of hydrogen-bond donors (Lipinski definition) is 2. The van der Waals surface area contributed by atoms with E-state index in [1.807, 2.05) is 42.5 Å². The van der Waals surface area contributed by atoms with E-state index < -0.39 is 0 Å². The number of anilines is 1. The molecule has 0 saturated heterocycles. The standard InChI is InChI=1S/C27H27N3O3/c1-4-27(2,3)20-13-15-22(16-14-20)33-23-12-8-9-19(17-23)26(32)28-24-18-25(31)29-30(24)21-10-6-5-7-11-21/h5-18H,4H2,1-3H3,(H,28,32)(H,29,31). The second-order valence-electron chi connectivity index (χ2n) is 8.52. The number of carbonyl (C=O) groups excluding carboxylic acids is 1. The van der Waals surface area contributed by atoms with Gasteiger partial charge in [-0.2, -0.15) is 0 Å². The van der Waals surface area contributed by atoms with Crippen LogP contribution in [0, 0.1) is 0 Å². The Morgan fingerprint density at radius 2 is 1.67 bits per heavy atom. The second-order valence-corrected chi connectivity index (χ2v) is 8.52. The van der Waals surface area contributed by atoms with Crippen molar-refractivity contribution in [1.29, 1.82) is 0 Å². The zero-order chi connectivity index (χ0) is 23.4. The molecule has 4 aromatic rings. The van der Waals surface area contributed by atoms with Crippen molar-refractivity contribution >= 4 is 11.7 Å². The summed E-state index contributed by atoms with van der Waals surface area (Å²) in [7, 11) is 0. The molecular formula is C27H27N3O3. The molecule has 168 valence electrons. The first kappa shape index (κ1) is 22.1. The van der Waals surface area contributed by atoms with E-state index in [0.29, 0.717) is 22.9 Å². The minimum absolute atomic E-state index is 0.106. The average molecular weight is 442 g/mol. The van der Waals surface area contributed by atoms with Gasteiger partial charge in [0.25, 0.3) is 11.5 Å². The van der Waals surface area contributed by atoms with Crippen LogP contribution in [0.1, 0.15) is 43.1 Å². The third-order valence-electron chi connectivity index (χ3n) is 5.84. The number of nitrogens with one attached hydrogen (secondary N) is 2. The van der Waals surface area contributed by atoms with Crippen molar-refractivity contribution in [2.45, 2.75) is 32.6 Å². The van der Waals surface area contributed by atoms with Gasteiger partial charge in [-0.15, -0.1) is 0 Å². The highest BCUT2D eigenvalue weighted by atomic mass is 16.5. The van der Waals surface area contributed by atoms with Gasteiger partial charge >= 0.3 is 0 Å². The van der Waals surface area contributed by atoms with Crippen molar-refractivity contribution in [1.82, 2.24) is 9.78 Å². The van der Waals surface area contributed by atoms with Gasteiger partial charge in [0.05, 0.1) is 5.69 Å². The summed E-state index contributed by atoms with van der Waals surface area (Å²) in [5.41, 5.74) is 2.21. The Kier molecular flexibility index (Phi) is 6.18. The van der Waals surface area contributed by atoms with E-state index in [1.165, 1.54) is 11.6 Å². The summed E-state index contributed by atoms with van der Waals surface area (Å²) in [6.07, 6.45) is 1.05. The molecule has 1 heterocycles. The Balaban J connectivity index is 1.51. The molecular weight excluding hydrogens is 414 g/mol. The topological polar surface area (TPSA) is 76.1 Å². The molecule has 0 aliphatic heterocycles. The maximum absolute atomic E-state index is 12.9. The van der Waals surface area contributed by atoms with Crippen LogP contribution in [0.5, 0.6) is 11.5 Å². The van der Waals surface area contributed by atoms with Gasteiger partial charge in [0, 0.05) is 11.6 Å². The summed E-state index contributed by atoms with van der Waals surface area (Å²) in [5, 5.41) is 5.51. The number of rotatable bonds is 7. The van der Waals surface area contributed by atoms with Crippen LogP contribution in [0.15, 0.2) is 89.7 Å². The van der Waals surface area contributed by atoms with Crippen LogP contribution in [0.3, 0.4) is 0 Å². The van der Waals surface area contributed by atoms with E-state index in [-0.39, 0.29) is 16.9 Å². The van der Waals surface area contributed by atoms with Crippen molar-refractivity contribution < 1.29 is 9.53 Å². The Hall–Kier alpha value is -4.06. The van der Waals surface area contributed by atoms with Crippen molar-refractivity contribution in [3.05, 3.63) is 106 Å². The fraction of sp³-hybridized carbons (Fsp3) is 0.185. The second kappa shape index (κ2) is 9.20. The fourth-order valence-electron chi connectivity index (χ4n) is 3.47. The van der Waals surface area contributed by atoms with Gasteiger partial charge in [0.15, 0.2) is 0 Å². The maximum atomic E-state index is 12.9. The van der Waals surface area contributed by atoms with E-state index in [0.717, 1.165) is 12.1 Å². The number of carbonyl (C=O) groups is 1. The van der Waals surface area contributed by atoms with Crippen LogP contribution in [0.4, 0.5) is 5.82 Å². The summed E-state index contributed by atoms with van der Waals surface area (Å²) < 4.78 is 7.52. The van der Waals surface area contributed by atoms with Crippen molar-refractivity contribution in [3.63, 3.8) is 0 Å². The highest BCUT2D eigenvalue weighted by Crippen LogP contribution is 2.30. The van der Waals surface area contributed by atoms with Crippen LogP contribution >= 0.6 is 0 Å². The number of H-pyrrole nitrogens is 1. The van der Waals surface area contributed by atoms with Crippen LogP contribution < -0.4 is 15.6 Å². The van der Waals surface area contributed by atoms with E-state index in [4.69, 9.17) is 4.74 Å². The predicted octanol–water partition coefficient (Wildman–Crippen LogP) is 5.90. The Morgan fingerprint density at radius 3 is 2.36 bits per heavy atom. The Morgan fingerprint density at radius 1 is 0.939 bits per heavy atom. The zero-order valence-corrected chi connectivity index (χ0v) is 19.0. The van der Waals surface area contributed by atoms with Gasteiger partial charge in [-0.3, -0.25) is 14.7 Å². The molecule has 0 saturated carbocycles. The molecule has 2 N–H and O–H groups in total. The van der Waals surface area contributed by atoms with Gasteiger partial charge in [0.2, 0.25) is 0 Å². The van der Waals surface area contributed by atoms with Gasteiger partial charge < -0.3 is 10.1 Å². The van der Waals surface area contributed by atoms with Crippen molar-refractivity contribution in [2.75, 3.05) is 5.32 Å². The minimum atomic E-state index is -0.343. The van der Waals surface area contributed by atoms with Crippen molar-refractivity contribution in [2.24, 2.45) is 0 Å². The number of aromatic amines is 1. The average Bonchev–Trinajstić information content (AvgIpc) is 3.20. The molecule has 6 nitrogen and oxygen atoms in total. The van der Waals surface area contributed by atoms with Crippen LogP contribution in [0.2, 0.25) is 0 Å². The smallest absolute Gasteiger partial charge is 0.266 e. The third-order valence-corrected chi connectivity index (χ3v) is 5.84. The lowest BCUT2D eigenvalue weighted by molar-refractivity contribution is 0.102. The molecule has 3 aromatic carbocycles. The fourth-order valence-corrected chi connectivity index (χ4v) is 3.47. The molecule has 0 bridgehead atoms. The lowest BCUT2D eigenvalue weighted by Gasteiger charge is -2.23. The number of benzene rings is 3. The van der Waals surface area contributed by atoms with Crippen molar-refractivity contribution in [3.8, 4) is 17.2 Å². The molecule has 4 rings (SSSR count). The molecule has 0 atom stereocenters. The molecule has 0 aliphatic carbocycles. The minimum Gasteiger partial charge on any atom is -0.457 e. The van der Waals surface area contributed by atoms with E-state index in [1.54, 1.807) is 28.9 Å². The summed E-state index contributed by atoms with van der Waals surface area (Å²) >= 11 is 0. The SMILES string of the molecule is CCC(C)(C)c1ccc(Oc2cccc(C(=O)Nc3cc(=O)[nH]n3-c3ccccc3)c2)cc1. The Labute approximate surface area is 192 Å². The molecule has 0 aliphatic rings. The molecule has 0 radical (unpaired) electrons. The third kappa shape index (κ3) is 5.06. The summed E-state index contributed by atoms with van der Waals surface area (Å²) in [6.45, 7) is 6.60. The Bertz CT molecular complexity index is 1300. The summed E-state index contributed by atoms with van der Waals surface area (Å²) in [6, 6.07) is 25.6. The lowest BCUT2D eigenvalue weighted by atomic mass is 9.82. The summed E-state index contributed by atoms with van der Waals surface area (Å²) in [4.78, 5) is 24.8. The van der Waals surface area contributed by atoms with Crippen LogP contribution in [0.25, 0.3) is 5.69 Å². The van der Waals surface area contributed by atoms with E-state index >= 15 is 0 Å². The first-order valence-electron chi connectivity index (χ1n) is 10.9. The number of nitrogens with zero attached hydrogens (tertiary/aromatic N) is 1. The quantitative estimate of drug-likeness (QED) is 0.375. The normalized spacial score (nSPS) is 11.2. The number of aromatic nitrogens is 2. The van der Waals surface area contributed by atoms with Gasteiger partial charge in [-0.25, -0.2) is 4.68 Å². The first-order chi connectivity index (χ1) is 15.9. The first-order valence-corrected chi connectivity index (χ1v) is 10.9. The van der Waals surface area contributed by atoms with Crippen LogP contribution in [-0.4, -0.2) is 15.7 Å². The lowest BCUT2D eigenvalue weighted by Crippen LogP contribution is -2.15. The van der Waals surface area contributed by atoms with E-state index in [9.17, 15) is 9.59 Å². The highest BCUT2D eigenvalue weighted by Gasteiger charge is 2.18. The number of hydrogen-bond acceptors (Lipinski definition) is 3. The molecule has 1 aromatic heterocycles. The van der Waals surface area contributed by atoms with Gasteiger partial charge in [-0.1, -0.05) is 57.2 Å². The molecule has 0 unspecified atom stereocenters. The number of ether oxygens (including phenoxy) is 1. The molecule has 0 spiro atoms. The number of para-hydroxylation sites is 1. The predicted molar refractivity (Wildman–Crippen MR) is 131 cm³/mol. The summed E-state index contributed by atoms with van der Waals surface area (Å²) in [5.74, 6) is 1.27. The van der Waals surface area contributed by atoms with Crippen LogP contribution in [-0.2, 0) is 5.41 Å².